The van der Waals surface area contributed by atoms with Crippen molar-refractivity contribution in [1.82, 2.24) is 10.6 Å². The molecular weight excluding hydrogens is 307 g/mol. The highest BCUT2D eigenvalue weighted by Crippen LogP contribution is 2.22. The van der Waals surface area contributed by atoms with Crippen LogP contribution in [0.4, 0.5) is 9.18 Å². The van der Waals surface area contributed by atoms with E-state index in [0.717, 1.165) is 22.4 Å². The monoisotopic (exact) mass is 330 g/mol. The Hall–Kier alpha value is -2.56. The topological polar surface area (TPSA) is 50.4 Å². The number of para-hydroxylation sites is 1. The Morgan fingerprint density at radius 3 is 2.50 bits per heavy atom. The smallest absolute Gasteiger partial charge is 0.315 e. The molecule has 4 nitrogen and oxygen atoms in total. The van der Waals surface area contributed by atoms with Crippen LogP contribution in [-0.4, -0.2) is 19.2 Å². The van der Waals surface area contributed by atoms with Gasteiger partial charge in [0.2, 0.25) is 0 Å². The minimum Gasteiger partial charge on any atom is -0.493 e. The van der Waals surface area contributed by atoms with Gasteiger partial charge >= 0.3 is 6.03 Å². The first-order valence-electron chi connectivity index (χ1n) is 8.01. The van der Waals surface area contributed by atoms with Crippen molar-refractivity contribution in [2.75, 3.05) is 13.2 Å². The van der Waals surface area contributed by atoms with Crippen molar-refractivity contribution in [1.29, 1.82) is 0 Å². The third kappa shape index (κ3) is 5.57. The number of carbonyl (C=O) groups is 1. The second-order valence-corrected chi connectivity index (χ2v) is 5.66. The average Bonchev–Trinajstić information content (AvgIpc) is 2.55. The number of carbonyl (C=O) groups excluding carboxylic acids is 1. The fourth-order valence-corrected chi connectivity index (χ4v) is 2.37. The molecule has 0 aliphatic heterocycles. The summed E-state index contributed by atoms with van der Waals surface area (Å²) in [5.74, 6) is 0.603. The predicted molar refractivity (Wildman–Crippen MR) is 92.7 cm³/mol. The molecule has 2 amide bonds. The number of hydrogen-bond donors (Lipinski definition) is 2. The molecule has 0 heterocycles. The van der Waals surface area contributed by atoms with Crippen molar-refractivity contribution in [2.24, 2.45) is 0 Å². The van der Waals surface area contributed by atoms with Gasteiger partial charge < -0.3 is 15.4 Å². The van der Waals surface area contributed by atoms with Gasteiger partial charge in [-0.2, -0.15) is 0 Å². The Morgan fingerprint density at radius 2 is 1.79 bits per heavy atom. The first-order chi connectivity index (χ1) is 11.6. The van der Waals surface area contributed by atoms with Gasteiger partial charge in [0, 0.05) is 13.1 Å². The lowest BCUT2D eigenvalue weighted by molar-refractivity contribution is 0.238. The van der Waals surface area contributed by atoms with Crippen LogP contribution in [-0.2, 0) is 6.54 Å². The van der Waals surface area contributed by atoms with Crippen molar-refractivity contribution in [3.8, 4) is 5.75 Å². The molecule has 0 saturated heterocycles. The van der Waals surface area contributed by atoms with Gasteiger partial charge in [-0.05, 0) is 49.1 Å². The van der Waals surface area contributed by atoms with Gasteiger partial charge in [0.25, 0.3) is 0 Å². The van der Waals surface area contributed by atoms with Gasteiger partial charge in [-0.3, -0.25) is 0 Å². The molecule has 5 heteroatoms. The van der Waals surface area contributed by atoms with Crippen molar-refractivity contribution in [2.45, 2.75) is 26.8 Å². The quantitative estimate of drug-likeness (QED) is 0.760. The number of hydrogen-bond acceptors (Lipinski definition) is 2. The summed E-state index contributed by atoms with van der Waals surface area (Å²) in [5, 5.41) is 5.45. The van der Waals surface area contributed by atoms with Crippen LogP contribution in [0.2, 0.25) is 0 Å². The molecule has 128 valence electrons. The van der Waals surface area contributed by atoms with Crippen molar-refractivity contribution < 1.29 is 13.9 Å². The zero-order valence-electron chi connectivity index (χ0n) is 14.1. The van der Waals surface area contributed by atoms with Crippen LogP contribution in [0.3, 0.4) is 0 Å². The van der Waals surface area contributed by atoms with Crippen LogP contribution < -0.4 is 15.4 Å². The number of halogens is 1. The maximum Gasteiger partial charge on any atom is 0.315 e. The SMILES string of the molecule is Cc1cccc(C)c1OCCCNC(=O)NCc1cccc(F)c1. The molecule has 2 aromatic rings. The summed E-state index contributed by atoms with van der Waals surface area (Å²) in [6.07, 6.45) is 0.709. The van der Waals surface area contributed by atoms with Gasteiger partial charge in [0.05, 0.1) is 6.61 Å². The van der Waals surface area contributed by atoms with E-state index in [9.17, 15) is 9.18 Å². The third-order valence-electron chi connectivity index (χ3n) is 3.60. The summed E-state index contributed by atoms with van der Waals surface area (Å²) >= 11 is 0. The van der Waals surface area contributed by atoms with Crippen LogP contribution in [0, 0.1) is 19.7 Å². The molecule has 0 bridgehead atoms. The first-order valence-corrected chi connectivity index (χ1v) is 8.01. The second kappa shape index (κ2) is 8.91. The number of rotatable bonds is 7. The maximum atomic E-state index is 13.0. The summed E-state index contributed by atoms with van der Waals surface area (Å²) < 4.78 is 18.8. The zero-order chi connectivity index (χ0) is 17.4. The Morgan fingerprint density at radius 1 is 1.08 bits per heavy atom. The number of aryl methyl sites for hydroxylation is 2. The van der Waals surface area contributed by atoms with Crippen LogP contribution in [0.1, 0.15) is 23.1 Å². The van der Waals surface area contributed by atoms with E-state index in [1.165, 1.54) is 12.1 Å². The fourth-order valence-electron chi connectivity index (χ4n) is 2.37. The van der Waals surface area contributed by atoms with E-state index in [-0.39, 0.29) is 11.8 Å². The van der Waals surface area contributed by atoms with E-state index in [0.29, 0.717) is 26.1 Å². The summed E-state index contributed by atoms with van der Waals surface area (Å²) in [7, 11) is 0. The number of benzene rings is 2. The van der Waals surface area contributed by atoms with E-state index in [2.05, 4.69) is 10.6 Å². The number of nitrogens with one attached hydrogen (secondary N) is 2. The zero-order valence-corrected chi connectivity index (χ0v) is 14.1. The summed E-state index contributed by atoms with van der Waals surface area (Å²) in [6.45, 7) is 5.37. The van der Waals surface area contributed by atoms with E-state index in [4.69, 9.17) is 4.74 Å². The molecule has 0 spiro atoms. The normalized spacial score (nSPS) is 10.3. The third-order valence-corrected chi connectivity index (χ3v) is 3.60. The minimum absolute atomic E-state index is 0.272. The Balaban J connectivity index is 1.63. The van der Waals surface area contributed by atoms with Crippen molar-refractivity contribution in [3.05, 3.63) is 65.0 Å². The summed E-state index contributed by atoms with van der Waals surface area (Å²) in [6, 6.07) is 11.9. The minimum atomic E-state index is -0.307. The molecule has 2 rings (SSSR count). The van der Waals surface area contributed by atoms with Crippen LogP contribution in [0.25, 0.3) is 0 Å². The van der Waals surface area contributed by atoms with E-state index in [1.54, 1.807) is 12.1 Å². The standard InChI is InChI=1S/C19H23FN2O2/c1-14-6-3-7-15(2)18(14)24-11-5-10-21-19(23)22-13-16-8-4-9-17(20)12-16/h3-4,6-9,12H,5,10-11,13H2,1-2H3,(H2,21,22,23). The molecule has 0 radical (unpaired) electrons. The lowest BCUT2D eigenvalue weighted by Gasteiger charge is -2.12. The van der Waals surface area contributed by atoms with Crippen LogP contribution in [0.15, 0.2) is 42.5 Å². The van der Waals surface area contributed by atoms with Crippen molar-refractivity contribution >= 4 is 6.03 Å². The number of urea groups is 1. The molecule has 0 unspecified atom stereocenters. The van der Waals surface area contributed by atoms with E-state index >= 15 is 0 Å². The number of ether oxygens (including phenoxy) is 1. The largest absolute Gasteiger partial charge is 0.493 e. The van der Waals surface area contributed by atoms with Crippen LogP contribution >= 0.6 is 0 Å². The maximum absolute atomic E-state index is 13.0. The van der Waals surface area contributed by atoms with Gasteiger partial charge in [-0.1, -0.05) is 30.3 Å². The van der Waals surface area contributed by atoms with E-state index < -0.39 is 0 Å². The Kier molecular flexibility index (Phi) is 6.61. The number of amides is 2. The molecule has 0 saturated carbocycles. The highest BCUT2D eigenvalue weighted by molar-refractivity contribution is 5.73. The molecule has 24 heavy (non-hydrogen) atoms. The van der Waals surface area contributed by atoms with Gasteiger partial charge in [-0.25, -0.2) is 9.18 Å². The summed E-state index contributed by atoms with van der Waals surface area (Å²) in [5.41, 5.74) is 2.94. The second-order valence-electron chi connectivity index (χ2n) is 5.66. The van der Waals surface area contributed by atoms with Gasteiger partial charge in [-0.15, -0.1) is 0 Å². The molecule has 2 N–H and O–H groups in total. The molecule has 2 aromatic carbocycles. The average molecular weight is 330 g/mol. The molecule has 0 atom stereocenters. The van der Waals surface area contributed by atoms with Crippen molar-refractivity contribution in [3.63, 3.8) is 0 Å². The summed E-state index contributed by atoms with van der Waals surface area (Å²) in [4.78, 5) is 11.7. The van der Waals surface area contributed by atoms with Crippen LogP contribution in [0.5, 0.6) is 5.75 Å². The highest BCUT2D eigenvalue weighted by atomic mass is 19.1. The van der Waals surface area contributed by atoms with Gasteiger partial charge in [0.1, 0.15) is 11.6 Å². The Labute approximate surface area is 142 Å². The first kappa shape index (κ1) is 17.8. The molecule has 0 aromatic heterocycles. The lowest BCUT2D eigenvalue weighted by Crippen LogP contribution is -2.36. The predicted octanol–water partition coefficient (Wildman–Crippen LogP) is 3.71. The fraction of sp³-hybridized carbons (Fsp3) is 0.316. The molecule has 0 aliphatic rings. The molecule has 0 aliphatic carbocycles. The Bertz CT molecular complexity index is 669. The molecule has 0 fully saturated rings. The van der Waals surface area contributed by atoms with Gasteiger partial charge in [0.15, 0.2) is 0 Å². The lowest BCUT2D eigenvalue weighted by atomic mass is 10.1. The highest BCUT2D eigenvalue weighted by Gasteiger charge is 2.04. The van der Waals surface area contributed by atoms with E-state index in [1.807, 2.05) is 32.0 Å². The molecular formula is C19H23FN2O2.